The first-order chi connectivity index (χ1) is 13.0. The van der Waals surface area contributed by atoms with Gasteiger partial charge in [0.2, 0.25) is 10.0 Å². The summed E-state index contributed by atoms with van der Waals surface area (Å²) in [4.78, 5) is 24.7. The summed E-state index contributed by atoms with van der Waals surface area (Å²) in [6, 6.07) is 6.50. The van der Waals surface area contributed by atoms with Crippen molar-refractivity contribution in [3.8, 4) is 0 Å². The van der Waals surface area contributed by atoms with Gasteiger partial charge in [0.05, 0.1) is 10.5 Å². The molecule has 3 N–H and O–H groups in total. The molecule has 0 aliphatic heterocycles. The standard InChI is InChI=1S/C18H22BrN3O5S/c1-10(2)16(22-28(25,26)14-7-5-13(19)6-8-14)18(24)21-20-17(23)15-9-11(3)27-12(15)4/h5-10,16,22H,1-4H3,(H,20,23)(H,21,24). The number of carbonyl (C=O) groups is 2. The number of aryl methyl sites for hydroxylation is 2. The van der Waals surface area contributed by atoms with Crippen LogP contribution >= 0.6 is 15.9 Å². The lowest BCUT2D eigenvalue weighted by Gasteiger charge is -2.21. The van der Waals surface area contributed by atoms with Crippen LogP contribution in [0.4, 0.5) is 0 Å². The number of benzene rings is 1. The fourth-order valence-corrected chi connectivity index (χ4v) is 4.07. The fraction of sp³-hybridized carbons (Fsp3) is 0.333. The summed E-state index contributed by atoms with van der Waals surface area (Å²) in [6.45, 7) is 6.72. The molecule has 0 aliphatic carbocycles. The summed E-state index contributed by atoms with van der Waals surface area (Å²) in [5, 5.41) is 0. The van der Waals surface area contributed by atoms with Crippen molar-refractivity contribution in [1.82, 2.24) is 15.6 Å². The van der Waals surface area contributed by atoms with Crippen LogP contribution in [0.25, 0.3) is 0 Å². The number of rotatable bonds is 6. The molecule has 1 heterocycles. The summed E-state index contributed by atoms with van der Waals surface area (Å²) in [5.41, 5.74) is 4.84. The highest BCUT2D eigenvalue weighted by atomic mass is 79.9. The predicted octanol–water partition coefficient (Wildman–Crippen LogP) is 2.42. The van der Waals surface area contributed by atoms with E-state index >= 15 is 0 Å². The first-order valence-electron chi connectivity index (χ1n) is 8.46. The maximum Gasteiger partial charge on any atom is 0.273 e. The molecule has 0 bridgehead atoms. The van der Waals surface area contributed by atoms with E-state index in [0.717, 1.165) is 4.47 Å². The Balaban J connectivity index is 2.08. The minimum absolute atomic E-state index is 0.0303. The van der Waals surface area contributed by atoms with Crippen LogP contribution in [-0.2, 0) is 14.8 Å². The van der Waals surface area contributed by atoms with Gasteiger partial charge in [-0.15, -0.1) is 0 Å². The Bertz CT molecular complexity index is 968. The second-order valence-electron chi connectivity index (χ2n) is 6.57. The van der Waals surface area contributed by atoms with Crippen LogP contribution < -0.4 is 15.6 Å². The molecule has 8 nitrogen and oxygen atoms in total. The molecular weight excluding hydrogens is 450 g/mol. The third-order valence-corrected chi connectivity index (χ3v) is 5.93. The molecule has 1 atom stereocenters. The smallest absolute Gasteiger partial charge is 0.273 e. The maximum absolute atomic E-state index is 12.6. The van der Waals surface area contributed by atoms with Gasteiger partial charge in [-0.2, -0.15) is 4.72 Å². The third-order valence-electron chi connectivity index (χ3n) is 3.94. The summed E-state index contributed by atoms with van der Waals surface area (Å²) in [7, 11) is -3.92. The van der Waals surface area contributed by atoms with Gasteiger partial charge in [-0.25, -0.2) is 8.42 Å². The van der Waals surface area contributed by atoms with Gasteiger partial charge in [0, 0.05) is 4.47 Å². The Hall–Kier alpha value is -2.17. The van der Waals surface area contributed by atoms with E-state index in [1.807, 2.05) is 0 Å². The van der Waals surface area contributed by atoms with E-state index in [2.05, 4.69) is 31.5 Å². The van der Waals surface area contributed by atoms with Crippen molar-refractivity contribution in [2.75, 3.05) is 0 Å². The Labute approximate surface area is 172 Å². The molecule has 1 aromatic heterocycles. The lowest BCUT2D eigenvalue weighted by atomic mass is 10.1. The van der Waals surface area contributed by atoms with Crippen molar-refractivity contribution < 1.29 is 22.4 Å². The Morgan fingerprint density at radius 2 is 1.68 bits per heavy atom. The lowest BCUT2D eigenvalue weighted by molar-refractivity contribution is -0.124. The first kappa shape index (κ1) is 22.1. The number of hydrogen-bond acceptors (Lipinski definition) is 5. The van der Waals surface area contributed by atoms with Gasteiger partial charge in [-0.3, -0.25) is 20.4 Å². The predicted molar refractivity (Wildman–Crippen MR) is 107 cm³/mol. The molecule has 1 aromatic carbocycles. The van der Waals surface area contributed by atoms with Gasteiger partial charge >= 0.3 is 0 Å². The first-order valence-corrected chi connectivity index (χ1v) is 10.7. The summed E-state index contributed by atoms with van der Waals surface area (Å²) in [6.07, 6.45) is 0. The SMILES string of the molecule is Cc1cc(C(=O)NNC(=O)C(NS(=O)(=O)c2ccc(Br)cc2)C(C)C)c(C)o1. The summed E-state index contributed by atoms with van der Waals surface area (Å²) in [5.74, 6) is -0.611. The van der Waals surface area contributed by atoms with Gasteiger partial charge in [0.15, 0.2) is 0 Å². The van der Waals surface area contributed by atoms with Crippen LogP contribution in [0.3, 0.4) is 0 Å². The van der Waals surface area contributed by atoms with Gasteiger partial charge in [-0.1, -0.05) is 29.8 Å². The van der Waals surface area contributed by atoms with Crippen LogP contribution in [0.5, 0.6) is 0 Å². The monoisotopic (exact) mass is 471 g/mol. The van der Waals surface area contributed by atoms with E-state index in [4.69, 9.17) is 4.42 Å². The average molecular weight is 472 g/mol. The zero-order valence-corrected chi connectivity index (χ0v) is 18.3. The topological polar surface area (TPSA) is 118 Å². The average Bonchev–Trinajstić information content (AvgIpc) is 2.96. The molecular formula is C18H22BrN3O5S. The molecule has 0 saturated carbocycles. The highest BCUT2D eigenvalue weighted by Crippen LogP contribution is 2.16. The second-order valence-corrected chi connectivity index (χ2v) is 9.20. The van der Waals surface area contributed by atoms with Crippen molar-refractivity contribution in [3.05, 3.63) is 51.9 Å². The van der Waals surface area contributed by atoms with E-state index in [1.54, 1.807) is 45.9 Å². The minimum Gasteiger partial charge on any atom is -0.466 e. The van der Waals surface area contributed by atoms with E-state index in [0.29, 0.717) is 11.5 Å². The highest BCUT2D eigenvalue weighted by molar-refractivity contribution is 9.10. The molecule has 1 unspecified atom stereocenters. The molecule has 152 valence electrons. The quantitative estimate of drug-likeness (QED) is 0.559. The Morgan fingerprint density at radius 3 is 2.18 bits per heavy atom. The number of furan rings is 1. The molecule has 0 spiro atoms. The zero-order chi connectivity index (χ0) is 21.1. The number of carbonyl (C=O) groups excluding carboxylic acids is 2. The maximum atomic E-state index is 12.6. The number of nitrogens with one attached hydrogen (secondary N) is 3. The van der Waals surface area contributed by atoms with Crippen molar-refractivity contribution in [2.45, 2.75) is 38.6 Å². The van der Waals surface area contributed by atoms with E-state index in [9.17, 15) is 18.0 Å². The molecule has 0 radical (unpaired) electrons. The second kappa shape index (κ2) is 8.89. The highest BCUT2D eigenvalue weighted by Gasteiger charge is 2.29. The van der Waals surface area contributed by atoms with Gasteiger partial charge in [0.1, 0.15) is 17.6 Å². The number of hydrogen-bond donors (Lipinski definition) is 3. The van der Waals surface area contributed by atoms with Crippen molar-refractivity contribution >= 4 is 37.8 Å². The van der Waals surface area contributed by atoms with Gasteiger partial charge < -0.3 is 4.42 Å². The number of hydrazine groups is 1. The summed E-state index contributed by atoms with van der Waals surface area (Å²) < 4.78 is 33.5. The van der Waals surface area contributed by atoms with Gasteiger partial charge in [0.25, 0.3) is 11.8 Å². The molecule has 10 heteroatoms. The Kier molecular flexibility index (Phi) is 7.02. The normalized spacial score (nSPS) is 12.6. The lowest BCUT2D eigenvalue weighted by Crippen LogP contribution is -2.54. The third kappa shape index (κ3) is 5.43. The molecule has 2 amide bonds. The van der Waals surface area contributed by atoms with Crippen LogP contribution in [0.15, 0.2) is 44.1 Å². The van der Waals surface area contributed by atoms with Crippen molar-refractivity contribution in [1.29, 1.82) is 0 Å². The van der Waals surface area contributed by atoms with Crippen molar-refractivity contribution in [2.24, 2.45) is 5.92 Å². The van der Waals surface area contributed by atoms with E-state index in [-0.39, 0.29) is 16.4 Å². The number of amides is 2. The molecule has 2 aromatic rings. The van der Waals surface area contributed by atoms with Crippen LogP contribution in [0, 0.1) is 19.8 Å². The largest absolute Gasteiger partial charge is 0.466 e. The molecule has 0 saturated heterocycles. The van der Waals surface area contributed by atoms with E-state index < -0.39 is 27.9 Å². The fourth-order valence-electron chi connectivity index (χ4n) is 2.46. The summed E-state index contributed by atoms with van der Waals surface area (Å²) >= 11 is 3.24. The van der Waals surface area contributed by atoms with Crippen LogP contribution in [-0.4, -0.2) is 26.3 Å². The number of halogens is 1. The van der Waals surface area contributed by atoms with Crippen molar-refractivity contribution in [3.63, 3.8) is 0 Å². The minimum atomic E-state index is -3.92. The molecule has 28 heavy (non-hydrogen) atoms. The molecule has 0 aliphatic rings. The van der Waals surface area contributed by atoms with Crippen LogP contribution in [0.2, 0.25) is 0 Å². The molecule has 2 rings (SSSR count). The Morgan fingerprint density at radius 1 is 1.07 bits per heavy atom. The van der Waals surface area contributed by atoms with E-state index in [1.165, 1.54) is 12.1 Å². The zero-order valence-electron chi connectivity index (χ0n) is 15.9. The van der Waals surface area contributed by atoms with Gasteiger partial charge in [-0.05, 0) is 50.1 Å². The van der Waals surface area contributed by atoms with Crippen LogP contribution in [0.1, 0.15) is 35.7 Å². The number of sulfonamides is 1. The molecule has 0 fully saturated rings.